The van der Waals surface area contributed by atoms with Gasteiger partial charge in [0, 0.05) is 17.1 Å². The maximum Gasteiger partial charge on any atom is 0.255 e. The van der Waals surface area contributed by atoms with Crippen molar-refractivity contribution < 1.29 is 13.5 Å². The van der Waals surface area contributed by atoms with Crippen LogP contribution in [0.4, 0.5) is 8.78 Å². The molecule has 1 aromatic heterocycles. The SMILES string of the molecule is Cc1cc2c(=O)[nH]cc(Cc3ccccc3)c2cc1O[C@H]1CC[C@H](c2c(F)cccc2F)CC1. The van der Waals surface area contributed by atoms with E-state index < -0.39 is 11.6 Å². The second-order valence-corrected chi connectivity index (χ2v) is 9.20. The molecule has 174 valence electrons. The number of H-pyrrole nitrogens is 1. The van der Waals surface area contributed by atoms with Crippen molar-refractivity contribution in [3.8, 4) is 5.75 Å². The summed E-state index contributed by atoms with van der Waals surface area (Å²) in [5, 5.41) is 1.53. The normalized spacial score (nSPS) is 18.2. The maximum absolute atomic E-state index is 14.2. The van der Waals surface area contributed by atoms with Gasteiger partial charge in [-0.3, -0.25) is 4.79 Å². The number of benzene rings is 3. The fourth-order valence-electron chi connectivity index (χ4n) is 5.09. The second kappa shape index (κ2) is 9.41. The summed E-state index contributed by atoms with van der Waals surface area (Å²) in [5.74, 6) is -0.306. The van der Waals surface area contributed by atoms with Gasteiger partial charge >= 0.3 is 0 Å². The van der Waals surface area contributed by atoms with E-state index in [9.17, 15) is 13.6 Å². The fourth-order valence-corrected chi connectivity index (χ4v) is 5.09. The van der Waals surface area contributed by atoms with Crippen molar-refractivity contribution in [2.24, 2.45) is 0 Å². The van der Waals surface area contributed by atoms with E-state index in [4.69, 9.17) is 4.74 Å². The molecule has 0 saturated heterocycles. The van der Waals surface area contributed by atoms with Crippen LogP contribution in [0.2, 0.25) is 0 Å². The first-order valence-corrected chi connectivity index (χ1v) is 11.8. The van der Waals surface area contributed by atoms with Crippen LogP contribution in [-0.2, 0) is 6.42 Å². The van der Waals surface area contributed by atoms with E-state index in [1.165, 1.54) is 18.2 Å². The third kappa shape index (κ3) is 4.47. The number of hydrogen-bond donors (Lipinski definition) is 1. The second-order valence-electron chi connectivity index (χ2n) is 9.20. The van der Waals surface area contributed by atoms with Crippen LogP contribution < -0.4 is 10.3 Å². The number of aromatic amines is 1. The third-order valence-corrected chi connectivity index (χ3v) is 6.90. The fraction of sp³-hybridized carbons (Fsp3) is 0.276. The molecule has 0 atom stereocenters. The van der Waals surface area contributed by atoms with Crippen molar-refractivity contribution in [3.63, 3.8) is 0 Å². The lowest BCUT2D eigenvalue weighted by Gasteiger charge is -2.30. The molecule has 0 unspecified atom stereocenters. The molecular weight excluding hydrogens is 432 g/mol. The van der Waals surface area contributed by atoms with Crippen molar-refractivity contribution in [3.05, 3.63) is 111 Å². The number of aryl methyl sites for hydroxylation is 1. The minimum Gasteiger partial charge on any atom is -0.490 e. The lowest BCUT2D eigenvalue weighted by Crippen LogP contribution is -2.24. The first kappa shape index (κ1) is 22.3. The molecule has 1 aliphatic carbocycles. The van der Waals surface area contributed by atoms with Crippen LogP contribution in [-0.4, -0.2) is 11.1 Å². The Balaban J connectivity index is 1.37. The Morgan fingerprint density at radius 1 is 0.912 bits per heavy atom. The van der Waals surface area contributed by atoms with Crippen LogP contribution in [0, 0.1) is 18.6 Å². The molecule has 0 radical (unpaired) electrons. The van der Waals surface area contributed by atoms with E-state index in [0.29, 0.717) is 24.6 Å². The summed E-state index contributed by atoms with van der Waals surface area (Å²) in [7, 11) is 0. The number of pyridine rings is 1. The first-order chi connectivity index (χ1) is 16.5. The molecule has 3 aromatic carbocycles. The highest BCUT2D eigenvalue weighted by Crippen LogP contribution is 2.38. The van der Waals surface area contributed by atoms with E-state index in [0.717, 1.165) is 40.7 Å². The van der Waals surface area contributed by atoms with Gasteiger partial charge in [-0.05, 0) is 91.3 Å². The smallest absolute Gasteiger partial charge is 0.255 e. The maximum atomic E-state index is 14.2. The summed E-state index contributed by atoms with van der Waals surface area (Å²) in [6.45, 7) is 1.94. The highest BCUT2D eigenvalue weighted by Gasteiger charge is 2.28. The van der Waals surface area contributed by atoms with Gasteiger partial charge < -0.3 is 9.72 Å². The van der Waals surface area contributed by atoms with Crippen LogP contribution in [0.5, 0.6) is 5.75 Å². The molecule has 0 amide bonds. The topological polar surface area (TPSA) is 42.1 Å². The first-order valence-electron chi connectivity index (χ1n) is 11.8. The molecule has 4 aromatic rings. The summed E-state index contributed by atoms with van der Waals surface area (Å²) in [6.07, 6.45) is 5.26. The van der Waals surface area contributed by atoms with Gasteiger partial charge in [-0.15, -0.1) is 0 Å². The molecule has 1 saturated carbocycles. The van der Waals surface area contributed by atoms with Crippen molar-refractivity contribution in [2.45, 2.75) is 51.0 Å². The molecule has 1 N–H and O–H groups in total. The summed E-state index contributed by atoms with van der Waals surface area (Å²) < 4.78 is 34.8. The van der Waals surface area contributed by atoms with Gasteiger partial charge in [-0.25, -0.2) is 8.78 Å². The Hall–Kier alpha value is -3.47. The number of nitrogens with one attached hydrogen (secondary N) is 1. The Morgan fingerprint density at radius 2 is 1.62 bits per heavy atom. The summed E-state index contributed by atoms with van der Waals surface area (Å²) >= 11 is 0. The average molecular weight is 460 g/mol. The van der Waals surface area contributed by atoms with Crippen molar-refractivity contribution >= 4 is 10.8 Å². The van der Waals surface area contributed by atoms with E-state index in [-0.39, 0.29) is 23.1 Å². The highest BCUT2D eigenvalue weighted by molar-refractivity contribution is 5.87. The van der Waals surface area contributed by atoms with E-state index in [1.54, 1.807) is 6.20 Å². The standard InChI is InChI=1S/C29H27F2NO2/c1-18-14-24-23(21(17-32-29(24)33)15-19-6-3-2-4-7-19)16-27(18)34-22-12-10-20(11-13-22)28-25(30)8-5-9-26(28)31/h2-9,14,16-17,20,22H,10-13,15H2,1H3,(H,32,33)/t20-,22-. The van der Waals surface area contributed by atoms with Crippen molar-refractivity contribution in [2.75, 3.05) is 0 Å². The van der Waals surface area contributed by atoms with Gasteiger partial charge in [0.25, 0.3) is 5.56 Å². The predicted octanol–water partition coefficient (Wildman–Crippen LogP) is 6.81. The van der Waals surface area contributed by atoms with Gasteiger partial charge in [0.2, 0.25) is 0 Å². The largest absolute Gasteiger partial charge is 0.490 e. The summed E-state index contributed by atoms with van der Waals surface area (Å²) in [5.41, 5.74) is 3.18. The van der Waals surface area contributed by atoms with Crippen molar-refractivity contribution in [1.29, 1.82) is 0 Å². The number of rotatable bonds is 5. The molecule has 5 rings (SSSR count). The number of halogens is 2. The average Bonchev–Trinajstić information content (AvgIpc) is 2.83. The predicted molar refractivity (Wildman–Crippen MR) is 131 cm³/mol. The van der Waals surface area contributed by atoms with E-state index >= 15 is 0 Å². The van der Waals surface area contributed by atoms with Crippen LogP contribution in [0.15, 0.2) is 71.7 Å². The van der Waals surface area contributed by atoms with Crippen LogP contribution in [0.3, 0.4) is 0 Å². The number of ether oxygens (including phenoxy) is 1. The molecule has 1 aliphatic rings. The monoisotopic (exact) mass is 459 g/mol. The quantitative estimate of drug-likeness (QED) is 0.356. The Labute approximate surface area is 197 Å². The van der Waals surface area contributed by atoms with Gasteiger partial charge in [0.05, 0.1) is 6.10 Å². The van der Waals surface area contributed by atoms with Gasteiger partial charge in [-0.1, -0.05) is 36.4 Å². The molecule has 1 heterocycles. The van der Waals surface area contributed by atoms with Crippen LogP contribution >= 0.6 is 0 Å². The lowest BCUT2D eigenvalue weighted by molar-refractivity contribution is 0.144. The zero-order valence-corrected chi connectivity index (χ0v) is 19.1. The Kier molecular flexibility index (Phi) is 6.18. The molecule has 1 fully saturated rings. The van der Waals surface area contributed by atoms with Crippen LogP contribution in [0.25, 0.3) is 10.8 Å². The summed E-state index contributed by atoms with van der Waals surface area (Å²) in [4.78, 5) is 15.4. The number of hydrogen-bond acceptors (Lipinski definition) is 2. The minimum atomic E-state index is -0.467. The molecule has 34 heavy (non-hydrogen) atoms. The lowest BCUT2D eigenvalue weighted by atomic mass is 9.82. The molecular formula is C29H27F2NO2. The van der Waals surface area contributed by atoms with Gasteiger partial charge in [-0.2, -0.15) is 0 Å². The summed E-state index contributed by atoms with van der Waals surface area (Å²) in [6, 6.07) is 18.1. The molecule has 0 bridgehead atoms. The Morgan fingerprint density at radius 3 is 2.32 bits per heavy atom. The third-order valence-electron chi connectivity index (χ3n) is 6.90. The highest BCUT2D eigenvalue weighted by atomic mass is 19.1. The number of fused-ring (bicyclic) bond motifs is 1. The number of aromatic nitrogens is 1. The minimum absolute atomic E-state index is 0.0261. The van der Waals surface area contributed by atoms with E-state index in [1.807, 2.05) is 37.3 Å². The molecule has 0 spiro atoms. The molecule has 5 heteroatoms. The molecule has 3 nitrogen and oxygen atoms in total. The Bertz CT molecular complexity index is 1350. The zero-order chi connectivity index (χ0) is 23.7. The van der Waals surface area contributed by atoms with Gasteiger partial charge in [0.1, 0.15) is 17.4 Å². The molecule has 0 aliphatic heterocycles. The van der Waals surface area contributed by atoms with Crippen molar-refractivity contribution in [1.82, 2.24) is 4.98 Å². The van der Waals surface area contributed by atoms with Gasteiger partial charge in [0.15, 0.2) is 0 Å². The van der Waals surface area contributed by atoms with Crippen LogP contribution in [0.1, 0.15) is 53.9 Å². The van der Waals surface area contributed by atoms with E-state index in [2.05, 4.69) is 17.1 Å². The zero-order valence-electron chi connectivity index (χ0n) is 19.1.